The van der Waals surface area contributed by atoms with E-state index in [2.05, 4.69) is 0 Å². The van der Waals surface area contributed by atoms with Crippen LogP contribution in [-0.2, 0) is 0 Å². The summed E-state index contributed by atoms with van der Waals surface area (Å²) < 4.78 is 13.5. The van der Waals surface area contributed by atoms with E-state index < -0.39 is 22.3 Å². The highest BCUT2D eigenvalue weighted by molar-refractivity contribution is 6.01. The Balaban J connectivity index is 3.31. The average molecular weight is 297 g/mol. The molecule has 1 rings (SSSR count). The summed E-state index contributed by atoms with van der Waals surface area (Å²) in [6, 6.07) is 1.54. The Kier molecular flexibility index (Phi) is 5.23. The van der Waals surface area contributed by atoms with Crippen LogP contribution in [0.5, 0.6) is 0 Å². The molecule has 0 spiro atoms. The Hall–Kier alpha value is -2.18. The van der Waals surface area contributed by atoms with E-state index in [1.807, 2.05) is 27.7 Å². The molecule has 116 valence electrons. The van der Waals surface area contributed by atoms with Gasteiger partial charge in [-0.25, -0.2) is 4.39 Å². The van der Waals surface area contributed by atoms with Gasteiger partial charge in [0.25, 0.3) is 11.6 Å². The van der Waals surface area contributed by atoms with Crippen LogP contribution in [0.4, 0.5) is 15.8 Å². The van der Waals surface area contributed by atoms with E-state index in [1.165, 1.54) is 4.90 Å². The molecule has 0 aliphatic carbocycles. The summed E-state index contributed by atoms with van der Waals surface area (Å²) in [5, 5.41) is 10.9. The Bertz CT molecular complexity index is 559. The molecule has 7 heteroatoms. The summed E-state index contributed by atoms with van der Waals surface area (Å²) in [5.74, 6) is -1.15. The number of carbonyl (C=O) groups is 1. The number of amides is 1. The maximum atomic E-state index is 13.5. The number of nitro groups is 1. The molecule has 0 unspecified atom stereocenters. The molecule has 0 bridgehead atoms. The highest BCUT2D eigenvalue weighted by Crippen LogP contribution is 2.28. The smallest absolute Gasteiger partial charge is 0.295 e. The van der Waals surface area contributed by atoms with Gasteiger partial charge in [-0.05, 0) is 25.8 Å². The lowest BCUT2D eigenvalue weighted by Crippen LogP contribution is -2.39. The molecule has 2 N–H and O–H groups in total. The van der Waals surface area contributed by atoms with Crippen LogP contribution >= 0.6 is 0 Å². The first-order valence-corrected chi connectivity index (χ1v) is 6.69. The molecular weight excluding hydrogens is 277 g/mol. The van der Waals surface area contributed by atoms with Gasteiger partial charge in [-0.2, -0.15) is 0 Å². The van der Waals surface area contributed by atoms with Crippen molar-refractivity contribution in [3.63, 3.8) is 0 Å². The summed E-state index contributed by atoms with van der Waals surface area (Å²) in [6.07, 6.45) is 0. The maximum absolute atomic E-state index is 13.5. The average Bonchev–Trinajstić information content (AvgIpc) is 2.36. The molecular formula is C14H20FN3O3. The fraction of sp³-hybridized carbons (Fsp3) is 0.500. The summed E-state index contributed by atoms with van der Waals surface area (Å²) >= 11 is 0. The number of carbonyl (C=O) groups excluding carboxylic acids is 1. The van der Waals surface area contributed by atoms with E-state index in [-0.39, 0.29) is 23.2 Å². The number of nitrogen functional groups attached to an aromatic ring is 1. The number of nitrogens with two attached hydrogens (primary N) is 1. The van der Waals surface area contributed by atoms with Gasteiger partial charge in [-0.3, -0.25) is 14.9 Å². The van der Waals surface area contributed by atoms with Gasteiger partial charge in [0, 0.05) is 12.6 Å². The fourth-order valence-electron chi connectivity index (χ4n) is 2.01. The van der Waals surface area contributed by atoms with Gasteiger partial charge in [0.1, 0.15) is 11.5 Å². The monoisotopic (exact) mass is 297 g/mol. The van der Waals surface area contributed by atoms with Crippen molar-refractivity contribution in [2.45, 2.75) is 33.7 Å². The first-order chi connectivity index (χ1) is 9.65. The van der Waals surface area contributed by atoms with Gasteiger partial charge in [0.2, 0.25) is 0 Å². The largest absolute Gasteiger partial charge is 0.393 e. The van der Waals surface area contributed by atoms with Crippen molar-refractivity contribution in [3.8, 4) is 0 Å². The number of hydrogen-bond acceptors (Lipinski definition) is 4. The van der Waals surface area contributed by atoms with Crippen LogP contribution in [0.15, 0.2) is 12.1 Å². The van der Waals surface area contributed by atoms with E-state index in [0.29, 0.717) is 12.6 Å². The Morgan fingerprint density at radius 3 is 2.38 bits per heavy atom. The van der Waals surface area contributed by atoms with Crippen molar-refractivity contribution >= 4 is 17.3 Å². The molecule has 1 aromatic rings. The number of anilines is 1. The van der Waals surface area contributed by atoms with Crippen molar-refractivity contribution < 1.29 is 14.1 Å². The molecule has 0 saturated heterocycles. The highest BCUT2D eigenvalue weighted by Gasteiger charge is 2.26. The van der Waals surface area contributed by atoms with Crippen molar-refractivity contribution in [2.24, 2.45) is 5.92 Å². The highest BCUT2D eigenvalue weighted by atomic mass is 19.1. The third-order valence-corrected chi connectivity index (χ3v) is 3.00. The van der Waals surface area contributed by atoms with Crippen LogP contribution in [0.2, 0.25) is 0 Å². The molecule has 0 aromatic heterocycles. The molecule has 0 heterocycles. The third kappa shape index (κ3) is 3.90. The lowest BCUT2D eigenvalue weighted by molar-refractivity contribution is -0.384. The fourth-order valence-corrected chi connectivity index (χ4v) is 2.01. The third-order valence-electron chi connectivity index (χ3n) is 3.00. The van der Waals surface area contributed by atoms with Crippen LogP contribution in [-0.4, -0.2) is 28.3 Å². The number of benzene rings is 1. The van der Waals surface area contributed by atoms with Gasteiger partial charge in [0.15, 0.2) is 0 Å². The van der Waals surface area contributed by atoms with Crippen LogP contribution in [0, 0.1) is 21.8 Å². The number of rotatable bonds is 5. The number of nitro benzene ring substituents is 1. The molecule has 0 atom stereocenters. The van der Waals surface area contributed by atoms with Gasteiger partial charge in [-0.1, -0.05) is 13.8 Å². The Morgan fingerprint density at radius 1 is 1.38 bits per heavy atom. The molecule has 1 amide bonds. The molecule has 0 aliphatic rings. The van der Waals surface area contributed by atoms with E-state index in [1.54, 1.807) is 0 Å². The predicted molar refractivity (Wildman–Crippen MR) is 78.5 cm³/mol. The number of nitrogens with zero attached hydrogens (tertiary/aromatic N) is 2. The number of hydrogen-bond donors (Lipinski definition) is 1. The lowest BCUT2D eigenvalue weighted by atomic mass is 10.1. The predicted octanol–water partition coefficient (Wildman–Crippen LogP) is 2.82. The van der Waals surface area contributed by atoms with Crippen molar-refractivity contribution in [3.05, 3.63) is 33.6 Å². The van der Waals surface area contributed by atoms with E-state index >= 15 is 0 Å². The zero-order chi connectivity index (χ0) is 16.3. The molecule has 6 nitrogen and oxygen atoms in total. The standard InChI is InChI=1S/C14H20FN3O3/c1-8(2)7-17(9(3)4)14(19)11-5-10(15)6-12(13(11)16)18(20)21/h5-6,8-9H,7,16H2,1-4H3. The summed E-state index contributed by atoms with van der Waals surface area (Å²) in [6.45, 7) is 7.99. The minimum absolute atomic E-state index is 0.123. The summed E-state index contributed by atoms with van der Waals surface area (Å²) in [7, 11) is 0. The van der Waals surface area contributed by atoms with Crippen LogP contribution in [0.3, 0.4) is 0 Å². The van der Waals surface area contributed by atoms with Crippen molar-refractivity contribution in [2.75, 3.05) is 12.3 Å². The molecule has 0 fully saturated rings. The SMILES string of the molecule is CC(C)CN(C(=O)c1cc(F)cc([N+](=O)[O-])c1N)C(C)C. The normalized spacial score (nSPS) is 11.0. The molecule has 0 aliphatic heterocycles. The van der Waals surface area contributed by atoms with Gasteiger partial charge < -0.3 is 10.6 Å². The molecule has 0 radical (unpaired) electrons. The zero-order valence-electron chi connectivity index (χ0n) is 12.6. The first kappa shape index (κ1) is 16.9. The van der Waals surface area contributed by atoms with Crippen LogP contribution < -0.4 is 5.73 Å². The minimum atomic E-state index is -0.854. The second-order valence-corrected chi connectivity index (χ2v) is 5.59. The zero-order valence-corrected chi connectivity index (χ0v) is 12.6. The molecule has 1 aromatic carbocycles. The van der Waals surface area contributed by atoms with E-state index in [4.69, 9.17) is 5.73 Å². The first-order valence-electron chi connectivity index (χ1n) is 6.69. The second-order valence-electron chi connectivity index (χ2n) is 5.59. The van der Waals surface area contributed by atoms with E-state index in [9.17, 15) is 19.3 Å². The van der Waals surface area contributed by atoms with Crippen molar-refractivity contribution in [1.82, 2.24) is 4.90 Å². The minimum Gasteiger partial charge on any atom is -0.393 e. The van der Waals surface area contributed by atoms with Crippen molar-refractivity contribution in [1.29, 1.82) is 0 Å². The maximum Gasteiger partial charge on any atom is 0.295 e. The van der Waals surface area contributed by atoms with Gasteiger partial charge >= 0.3 is 0 Å². The number of halogens is 1. The lowest BCUT2D eigenvalue weighted by Gasteiger charge is -2.29. The van der Waals surface area contributed by atoms with Crippen LogP contribution in [0.1, 0.15) is 38.1 Å². The summed E-state index contributed by atoms with van der Waals surface area (Å²) in [4.78, 5) is 24.1. The van der Waals surface area contributed by atoms with Gasteiger partial charge in [-0.15, -0.1) is 0 Å². The molecule has 21 heavy (non-hydrogen) atoms. The Morgan fingerprint density at radius 2 is 1.95 bits per heavy atom. The molecule has 0 saturated carbocycles. The Labute approximate surface area is 122 Å². The second kappa shape index (κ2) is 6.51. The van der Waals surface area contributed by atoms with Crippen LogP contribution in [0.25, 0.3) is 0 Å². The van der Waals surface area contributed by atoms with E-state index in [0.717, 1.165) is 6.07 Å². The van der Waals surface area contributed by atoms with Gasteiger partial charge in [0.05, 0.1) is 16.6 Å². The quantitative estimate of drug-likeness (QED) is 0.514. The summed E-state index contributed by atoms with van der Waals surface area (Å²) in [5.41, 5.74) is 4.60. The topological polar surface area (TPSA) is 89.5 Å².